The van der Waals surface area contributed by atoms with Crippen LogP contribution in [0.25, 0.3) is 0 Å². The van der Waals surface area contributed by atoms with Crippen LogP contribution in [0.15, 0.2) is 0 Å². The fourth-order valence-corrected chi connectivity index (χ4v) is 4.83. The molecule has 2 saturated heterocycles. The molecule has 5 heteroatoms. The monoisotopic (exact) mass is 281 g/mol. The molecule has 1 saturated carbocycles. The summed E-state index contributed by atoms with van der Waals surface area (Å²) in [5, 5.41) is 3.34. The first-order chi connectivity index (χ1) is 9.61. The molecule has 2 heterocycles. The van der Waals surface area contributed by atoms with Gasteiger partial charge in [0.2, 0.25) is 0 Å². The molecule has 0 bridgehead atoms. The van der Waals surface area contributed by atoms with E-state index in [1.54, 1.807) is 0 Å². The van der Waals surface area contributed by atoms with Crippen LogP contribution in [0.5, 0.6) is 0 Å². The standard InChI is InChI=1S/C15H31N5/c1-17-9-11-4-5-12(8-11)20-7-6-13-14(16)18(2)10-19(3)15(13)20/h11-15,17H,4-10,16H2,1-3H3. The minimum atomic E-state index is 0.232. The van der Waals surface area contributed by atoms with Gasteiger partial charge in [-0.1, -0.05) is 0 Å². The molecule has 2 aliphatic heterocycles. The summed E-state index contributed by atoms with van der Waals surface area (Å²) in [6, 6.07) is 0.779. The second-order valence-corrected chi connectivity index (χ2v) is 7.14. The molecule has 3 fully saturated rings. The molecule has 0 aromatic carbocycles. The average molecular weight is 281 g/mol. The molecule has 3 N–H and O–H groups in total. The number of fused-ring (bicyclic) bond motifs is 1. The van der Waals surface area contributed by atoms with Crippen LogP contribution in [0.2, 0.25) is 0 Å². The lowest BCUT2D eigenvalue weighted by atomic mass is 9.98. The molecule has 3 aliphatic rings. The van der Waals surface area contributed by atoms with Crippen LogP contribution >= 0.6 is 0 Å². The first-order valence-electron chi connectivity index (χ1n) is 8.18. The average Bonchev–Trinajstić information content (AvgIpc) is 3.02. The molecule has 5 atom stereocenters. The minimum Gasteiger partial charge on any atom is -0.319 e. The summed E-state index contributed by atoms with van der Waals surface area (Å²) in [6.07, 6.45) is 6.18. The van der Waals surface area contributed by atoms with Gasteiger partial charge in [0, 0.05) is 18.5 Å². The van der Waals surface area contributed by atoms with E-state index in [0.717, 1.165) is 18.6 Å². The summed E-state index contributed by atoms with van der Waals surface area (Å²) in [6.45, 7) is 3.40. The summed E-state index contributed by atoms with van der Waals surface area (Å²) in [4.78, 5) is 7.57. The van der Waals surface area contributed by atoms with E-state index >= 15 is 0 Å². The van der Waals surface area contributed by atoms with Crippen molar-refractivity contribution < 1.29 is 0 Å². The maximum absolute atomic E-state index is 6.42. The van der Waals surface area contributed by atoms with Gasteiger partial charge in [-0.2, -0.15) is 0 Å². The zero-order chi connectivity index (χ0) is 14.3. The topological polar surface area (TPSA) is 47.8 Å². The van der Waals surface area contributed by atoms with E-state index in [4.69, 9.17) is 5.73 Å². The van der Waals surface area contributed by atoms with Crippen molar-refractivity contribution in [2.75, 3.05) is 40.9 Å². The first-order valence-corrected chi connectivity index (χ1v) is 8.18. The van der Waals surface area contributed by atoms with Crippen molar-refractivity contribution in [2.24, 2.45) is 17.6 Å². The molecule has 0 spiro atoms. The second kappa shape index (κ2) is 5.89. The lowest BCUT2D eigenvalue weighted by Gasteiger charge is -2.48. The van der Waals surface area contributed by atoms with Gasteiger partial charge in [-0.15, -0.1) is 0 Å². The molecule has 0 aromatic rings. The highest BCUT2D eigenvalue weighted by atomic mass is 15.5. The lowest BCUT2D eigenvalue weighted by molar-refractivity contribution is -0.0626. The van der Waals surface area contributed by atoms with Gasteiger partial charge < -0.3 is 11.1 Å². The number of nitrogens with one attached hydrogen (secondary N) is 1. The smallest absolute Gasteiger partial charge is 0.0690 e. The quantitative estimate of drug-likeness (QED) is 0.771. The molecule has 1 aliphatic carbocycles. The molecule has 5 nitrogen and oxygen atoms in total. The molecule has 0 radical (unpaired) electrons. The summed E-state index contributed by atoms with van der Waals surface area (Å²) in [5.41, 5.74) is 6.42. The third kappa shape index (κ3) is 2.50. The third-order valence-corrected chi connectivity index (χ3v) is 5.76. The number of nitrogens with two attached hydrogens (primary N) is 1. The maximum atomic E-state index is 6.42. The third-order valence-electron chi connectivity index (χ3n) is 5.76. The van der Waals surface area contributed by atoms with Crippen molar-refractivity contribution in [1.29, 1.82) is 0 Å². The van der Waals surface area contributed by atoms with Crippen molar-refractivity contribution in [2.45, 2.75) is 44.1 Å². The highest BCUT2D eigenvalue weighted by molar-refractivity contribution is 4.98. The summed E-state index contributed by atoms with van der Waals surface area (Å²) in [5.74, 6) is 1.48. The molecule has 116 valence electrons. The van der Waals surface area contributed by atoms with Crippen LogP contribution in [-0.2, 0) is 0 Å². The van der Waals surface area contributed by atoms with E-state index in [9.17, 15) is 0 Å². The Balaban J connectivity index is 1.67. The normalized spacial score (nSPS) is 44.1. The van der Waals surface area contributed by atoms with Crippen molar-refractivity contribution in [3.05, 3.63) is 0 Å². The first kappa shape index (κ1) is 14.7. The van der Waals surface area contributed by atoms with E-state index in [-0.39, 0.29) is 6.17 Å². The minimum absolute atomic E-state index is 0.232. The van der Waals surface area contributed by atoms with Gasteiger partial charge >= 0.3 is 0 Å². The van der Waals surface area contributed by atoms with Gasteiger partial charge in [-0.3, -0.25) is 14.7 Å². The fourth-order valence-electron chi connectivity index (χ4n) is 4.83. The van der Waals surface area contributed by atoms with E-state index in [1.165, 1.54) is 38.8 Å². The van der Waals surface area contributed by atoms with Crippen molar-refractivity contribution in [3.63, 3.8) is 0 Å². The summed E-state index contributed by atoms with van der Waals surface area (Å²) in [7, 11) is 6.49. The zero-order valence-electron chi connectivity index (χ0n) is 13.3. The van der Waals surface area contributed by atoms with Crippen LogP contribution in [0.3, 0.4) is 0 Å². The Kier molecular flexibility index (Phi) is 4.34. The van der Waals surface area contributed by atoms with Crippen LogP contribution in [0, 0.1) is 11.8 Å². The number of rotatable bonds is 3. The molecular formula is C15H31N5. The second-order valence-electron chi connectivity index (χ2n) is 7.14. The van der Waals surface area contributed by atoms with Gasteiger partial charge in [0.15, 0.2) is 0 Å². The van der Waals surface area contributed by atoms with Gasteiger partial charge in [-0.25, -0.2) is 0 Å². The Morgan fingerprint density at radius 1 is 1.15 bits per heavy atom. The van der Waals surface area contributed by atoms with Crippen LogP contribution in [0.4, 0.5) is 0 Å². The summed E-state index contributed by atoms with van der Waals surface area (Å²) >= 11 is 0. The number of hydrogen-bond donors (Lipinski definition) is 2. The predicted molar refractivity (Wildman–Crippen MR) is 82.0 cm³/mol. The van der Waals surface area contributed by atoms with Crippen molar-refractivity contribution >= 4 is 0 Å². The molecule has 20 heavy (non-hydrogen) atoms. The van der Waals surface area contributed by atoms with E-state index in [2.05, 4.69) is 41.2 Å². The molecule has 0 amide bonds. The Labute approximate surface area is 123 Å². The Morgan fingerprint density at radius 2 is 1.95 bits per heavy atom. The highest BCUT2D eigenvalue weighted by Gasteiger charge is 2.47. The molecule has 5 unspecified atom stereocenters. The van der Waals surface area contributed by atoms with Gasteiger partial charge in [0.25, 0.3) is 0 Å². The largest absolute Gasteiger partial charge is 0.319 e. The van der Waals surface area contributed by atoms with Crippen LogP contribution < -0.4 is 11.1 Å². The fraction of sp³-hybridized carbons (Fsp3) is 1.00. The predicted octanol–water partition coefficient (Wildman–Crippen LogP) is 0.142. The molecular weight excluding hydrogens is 250 g/mol. The van der Waals surface area contributed by atoms with Crippen LogP contribution in [-0.4, -0.2) is 74.0 Å². The number of likely N-dealkylation sites (tertiary alicyclic amines) is 1. The van der Waals surface area contributed by atoms with E-state index in [0.29, 0.717) is 12.1 Å². The Morgan fingerprint density at radius 3 is 2.70 bits per heavy atom. The number of nitrogens with zero attached hydrogens (tertiary/aromatic N) is 3. The lowest BCUT2D eigenvalue weighted by Crippen LogP contribution is -2.63. The Bertz CT molecular complexity index is 336. The highest BCUT2D eigenvalue weighted by Crippen LogP contribution is 2.39. The van der Waals surface area contributed by atoms with Crippen molar-refractivity contribution in [1.82, 2.24) is 20.0 Å². The molecule has 0 aromatic heterocycles. The Hall–Kier alpha value is -0.200. The maximum Gasteiger partial charge on any atom is 0.0690 e. The van der Waals surface area contributed by atoms with Crippen molar-refractivity contribution in [3.8, 4) is 0 Å². The van der Waals surface area contributed by atoms with Gasteiger partial charge in [-0.05, 0) is 59.3 Å². The number of hydrogen-bond acceptors (Lipinski definition) is 5. The van der Waals surface area contributed by atoms with E-state index < -0.39 is 0 Å². The van der Waals surface area contributed by atoms with Crippen LogP contribution in [0.1, 0.15) is 25.7 Å². The van der Waals surface area contributed by atoms with E-state index in [1.807, 2.05) is 0 Å². The van der Waals surface area contributed by atoms with Gasteiger partial charge in [0.1, 0.15) is 0 Å². The van der Waals surface area contributed by atoms with Gasteiger partial charge in [0.05, 0.1) is 19.0 Å². The summed E-state index contributed by atoms with van der Waals surface area (Å²) < 4.78 is 0. The molecule has 3 rings (SSSR count). The SMILES string of the molecule is CNCC1CCC(N2CCC3C(N)N(C)CN(C)C32)C1. The zero-order valence-corrected chi connectivity index (χ0v) is 13.3.